The Hall–Kier alpha value is -3.47. The first-order valence-electron chi connectivity index (χ1n) is 11.0. The molecule has 5 heteroatoms. The van der Waals surface area contributed by atoms with Crippen molar-refractivity contribution in [3.63, 3.8) is 0 Å². The molecule has 3 aromatic carbocycles. The van der Waals surface area contributed by atoms with Crippen molar-refractivity contribution in [2.45, 2.75) is 38.2 Å². The van der Waals surface area contributed by atoms with E-state index in [9.17, 15) is 4.79 Å². The average molecular weight is 431 g/mol. The molecule has 0 fully saturated rings. The van der Waals surface area contributed by atoms with Crippen molar-refractivity contribution in [2.75, 3.05) is 13.7 Å². The molecule has 1 heterocycles. The zero-order valence-electron chi connectivity index (χ0n) is 18.3. The van der Waals surface area contributed by atoms with Crippen LogP contribution in [0.4, 0.5) is 0 Å². The summed E-state index contributed by atoms with van der Waals surface area (Å²) in [5, 5.41) is 9.10. The summed E-state index contributed by atoms with van der Waals surface area (Å²) in [6.45, 7) is 2.50. The fraction of sp³-hybridized carbons (Fsp3) is 0.296. The number of hydrogen-bond acceptors (Lipinski definition) is 4. The molecule has 1 aliphatic carbocycles. The summed E-state index contributed by atoms with van der Waals surface area (Å²) in [7, 11) is 1.70. The summed E-state index contributed by atoms with van der Waals surface area (Å²) in [6, 6.07) is 18.4. The highest BCUT2D eigenvalue weighted by atomic mass is 16.5. The topological polar surface area (TPSA) is 65.0 Å². The number of ether oxygens (including phenoxy) is 3. The lowest BCUT2D eigenvalue weighted by molar-refractivity contribution is -0.137. The van der Waals surface area contributed by atoms with Crippen molar-refractivity contribution < 1.29 is 24.1 Å². The van der Waals surface area contributed by atoms with Crippen molar-refractivity contribution in [1.82, 2.24) is 0 Å². The zero-order valence-corrected chi connectivity index (χ0v) is 18.3. The van der Waals surface area contributed by atoms with E-state index in [1.54, 1.807) is 7.11 Å². The van der Waals surface area contributed by atoms with Crippen molar-refractivity contribution in [3.05, 3.63) is 76.9 Å². The predicted molar refractivity (Wildman–Crippen MR) is 122 cm³/mol. The monoisotopic (exact) mass is 430 g/mol. The molecule has 1 aliphatic heterocycles. The van der Waals surface area contributed by atoms with Crippen LogP contribution >= 0.6 is 0 Å². The minimum absolute atomic E-state index is 0.0230. The minimum Gasteiger partial charge on any atom is -0.496 e. The van der Waals surface area contributed by atoms with Gasteiger partial charge in [0.1, 0.15) is 23.4 Å². The van der Waals surface area contributed by atoms with Crippen molar-refractivity contribution in [3.8, 4) is 28.4 Å². The molecule has 5 nitrogen and oxygen atoms in total. The van der Waals surface area contributed by atoms with E-state index in [4.69, 9.17) is 19.3 Å². The Labute approximate surface area is 187 Å². The summed E-state index contributed by atoms with van der Waals surface area (Å²) in [4.78, 5) is 11.1. The van der Waals surface area contributed by atoms with E-state index in [1.165, 1.54) is 22.3 Å². The van der Waals surface area contributed by atoms with E-state index < -0.39 is 5.97 Å². The van der Waals surface area contributed by atoms with Gasteiger partial charge in [-0.05, 0) is 59.7 Å². The maximum atomic E-state index is 11.1. The molecular formula is C27H26O5. The molecule has 32 heavy (non-hydrogen) atoms. The van der Waals surface area contributed by atoms with Crippen LogP contribution in [0.25, 0.3) is 11.1 Å². The van der Waals surface area contributed by atoms with Crippen LogP contribution in [0.3, 0.4) is 0 Å². The second kappa shape index (κ2) is 8.23. The number of hydrogen-bond donors (Lipinski definition) is 1. The molecule has 5 rings (SSSR count). The number of benzene rings is 3. The van der Waals surface area contributed by atoms with Gasteiger partial charge in [0, 0.05) is 17.5 Å². The third-order valence-electron chi connectivity index (χ3n) is 6.57. The minimum atomic E-state index is -0.809. The highest BCUT2D eigenvalue weighted by Gasteiger charge is 2.29. The molecule has 0 aromatic heterocycles. The summed E-state index contributed by atoms with van der Waals surface area (Å²) < 4.78 is 17.7. The molecule has 1 N–H and O–H groups in total. The van der Waals surface area contributed by atoms with Gasteiger partial charge in [-0.2, -0.15) is 0 Å². The van der Waals surface area contributed by atoms with Gasteiger partial charge in [-0.25, -0.2) is 0 Å². The highest BCUT2D eigenvalue weighted by molar-refractivity contribution is 5.74. The lowest BCUT2D eigenvalue weighted by atomic mass is 9.93. The average Bonchev–Trinajstić information content (AvgIpc) is 3.38. The predicted octanol–water partition coefficient (Wildman–Crippen LogP) is 5.69. The number of fused-ring (bicyclic) bond motifs is 2. The van der Waals surface area contributed by atoms with Crippen LogP contribution in [0.1, 0.15) is 47.1 Å². The molecule has 0 spiro atoms. The summed E-state index contributed by atoms with van der Waals surface area (Å²) >= 11 is 0. The van der Waals surface area contributed by atoms with E-state index in [0.29, 0.717) is 6.61 Å². The first kappa shape index (κ1) is 20.4. The van der Waals surface area contributed by atoms with Crippen LogP contribution in [0.15, 0.2) is 54.6 Å². The van der Waals surface area contributed by atoms with Gasteiger partial charge in [-0.3, -0.25) is 4.79 Å². The van der Waals surface area contributed by atoms with Gasteiger partial charge in [0.15, 0.2) is 0 Å². The quantitative estimate of drug-likeness (QED) is 0.544. The van der Waals surface area contributed by atoms with Crippen LogP contribution in [-0.4, -0.2) is 24.8 Å². The van der Waals surface area contributed by atoms with Crippen LogP contribution in [-0.2, 0) is 11.2 Å². The second-order valence-corrected chi connectivity index (χ2v) is 8.46. The van der Waals surface area contributed by atoms with Crippen LogP contribution in [0.5, 0.6) is 17.2 Å². The van der Waals surface area contributed by atoms with Gasteiger partial charge in [0.05, 0.1) is 20.1 Å². The fourth-order valence-corrected chi connectivity index (χ4v) is 4.99. The molecule has 164 valence electrons. The molecular weight excluding hydrogens is 404 g/mol. The smallest absolute Gasteiger partial charge is 0.304 e. The normalized spacial score (nSPS) is 18.6. The first-order chi connectivity index (χ1) is 15.5. The maximum absolute atomic E-state index is 11.1. The molecule has 0 unspecified atom stereocenters. The summed E-state index contributed by atoms with van der Waals surface area (Å²) in [5.74, 6) is 1.47. The van der Waals surface area contributed by atoms with Gasteiger partial charge in [0.25, 0.3) is 0 Å². The number of carbonyl (C=O) groups is 1. The Morgan fingerprint density at radius 1 is 1.09 bits per heavy atom. The molecule has 0 saturated carbocycles. The van der Waals surface area contributed by atoms with E-state index in [-0.39, 0.29) is 18.4 Å². The fourth-order valence-electron chi connectivity index (χ4n) is 4.99. The largest absolute Gasteiger partial charge is 0.496 e. The highest BCUT2D eigenvalue weighted by Crippen LogP contribution is 2.43. The van der Waals surface area contributed by atoms with Gasteiger partial charge >= 0.3 is 5.97 Å². The standard InChI is InChI=1S/C27H26O5/c1-16-19(5-4-8-24(16)30-2)21-6-3-7-23-22(21)11-12-25(23)32-18-9-10-20-17(13-27(28)29)15-31-26(20)14-18/h3-10,14,17,25H,11-13,15H2,1-2H3,(H,28,29)/t17-,25-/m1/s1. The lowest BCUT2D eigenvalue weighted by Crippen LogP contribution is -2.07. The number of carboxylic acid groups (broad SMARTS) is 1. The van der Waals surface area contributed by atoms with Crippen molar-refractivity contribution in [1.29, 1.82) is 0 Å². The molecule has 0 bridgehead atoms. The van der Waals surface area contributed by atoms with Gasteiger partial charge in [0.2, 0.25) is 0 Å². The van der Waals surface area contributed by atoms with Crippen LogP contribution in [0.2, 0.25) is 0 Å². The Morgan fingerprint density at radius 3 is 2.72 bits per heavy atom. The Morgan fingerprint density at radius 2 is 1.91 bits per heavy atom. The van der Waals surface area contributed by atoms with Gasteiger partial charge in [-0.15, -0.1) is 0 Å². The van der Waals surface area contributed by atoms with Crippen LogP contribution in [0, 0.1) is 6.92 Å². The third kappa shape index (κ3) is 3.58. The zero-order chi connectivity index (χ0) is 22.2. The summed E-state index contributed by atoms with van der Waals surface area (Å²) in [6.07, 6.45) is 1.92. The molecule has 0 radical (unpaired) electrons. The second-order valence-electron chi connectivity index (χ2n) is 8.46. The summed E-state index contributed by atoms with van der Waals surface area (Å²) in [5.41, 5.74) is 7.06. The van der Waals surface area contributed by atoms with Gasteiger partial charge in [-0.1, -0.05) is 36.4 Å². The number of aliphatic carboxylic acids is 1. The van der Waals surface area contributed by atoms with Gasteiger partial charge < -0.3 is 19.3 Å². The van der Waals surface area contributed by atoms with E-state index in [0.717, 1.165) is 41.2 Å². The number of rotatable bonds is 6. The molecule has 0 amide bonds. The van der Waals surface area contributed by atoms with E-state index in [2.05, 4.69) is 31.2 Å². The number of carboxylic acids is 1. The molecule has 3 aromatic rings. The van der Waals surface area contributed by atoms with Crippen LogP contribution < -0.4 is 14.2 Å². The third-order valence-corrected chi connectivity index (χ3v) is 6.57. The number of methoxy groups -OCH3 is 1. The SMILES string of the molecule is COc1cccc(-c2cccc3c2CC[C@H]3Oc2ccc3c(c2)OC[C@H]3CC(=O)O)c1C. The maximum Gasteiger partial charge on any atom is 0.304 e. The van der Waals surface area contributed by atoms with Crippen molar-refractivity contribution >= 4 is 5.97 Å². The molecule has 0 saturated heterocycles. The lowest BCUT2D eigenvalue weighted by Gasteiger charge is -2.17. The Balaban J connectivity index is 1.41. The Kier molecular flexibility index (Phi) is 5.25. The first-order valence-corrected chi connectivity index (χ1v) is 11.0. The molecule has 2 atom stereocenters. The van der Waals surface area contributed by atoms with Crippen molar-refractivity contribution in [2.24, 2.45) is 0 Å². The van der Waals surface area contributed by atoms with E-state index >= 15 is 0 Å². The Bertz CT molecular complexity index is 1180. The molecule has 2 aliphatic rings. The van der Waals surface area contributed by atoms with E-state index in [1.807, 2.05) is 30.3 Å².